The first kappa shape index (κ1) is 28.8. The molecule has 2 aromatic carbocycles. The third-order valence-electron chi connectivity index (χ3n) is 5.95. The second kappa shape index (κ2) is 12.2. The van der Waals surface area contributed by atoms with Gasteiger partial charge in [-0.2, -0.15) is 0 Å². The number of carboxylic acid groups (broad SMARTS) is 1. The van der Waals surface area contributed by atoms with Crippen LogP contribution in [0.15, 0.2) is 48.5 Å². The maximum absolute atomic E-state index is 12.9. The highest BCUT2D eigenvalue weighted by Crippen LogP contribution is 2.26. The maximum Gasteiger partial charge on any atom is 0.320 e. The van der Waals surface area contributed by atoms with Gasteiger partial charge in [-0.05, 0) is 42.5 Å². The Kier molecular flexibility index (Phi) is 9.23. The molecule has 2 unspecified atom stereocenters. The molecule has 0 fully saturated rings. The first-order valence-electron chi connectivity index (χ1n) is 12.1. The van der Waals surface area contributed by atoms with Gasteiger partial charge in [-0.25, -0.2) is 8.42 Å². The SMILES string of the molecule is CC(C)CC(NC(CCN1C(=O)c2ccc(NS(C)(=O)=O)cc2C1=O)C(=O)O)C(=O)NCc1ccccc1. The van der Waals surface area contributed by atoms with Crippen molar-refractivity contribution in [3.63, 3.8) is 0 Å². The molecule has 1 aliphatic heterocycles. The van der Waals surface area contributed by atoms with Crippen LogP contribution in [0.2, 0.25) is 0 Å². The second-order valence-electron chi connectivity index (χ2n) is 9.63. The van der Waals surface area contributed by atoms with Crippen LogP contribution in [0, 0.1) is 5.92 Å². The molecule has 1 aliphatic rings. The molecule has 0 aromatic heterocycles. The molecule has 3 rings (SSSR count). The summed E-state index contributed by atoms with van der Waals surface area (Å²) in [6.45, 7) is 3.92. The van der Waals surface area contributed by atoms with Crippen LogP contribution in [0.1, 0.15) is 53.0 Å². The predicted molar refractivity (Wildman–Crippen MR) is 141 cm³/mol. The number of fused-ring (bicyclic) bond motifs is 1. The highest BCUT2D eigenvalue weighted by Gasteiger charge is 2.37. The van der Waals surface area contributed by atoms with Gasteiger partial charge in [-0.15, -0.1) is 0 Å². The van der Waals surface area contributed by atoms with Gasteiger partial charge in [-0.3, -0.25) is 34.1 Å². The maximum atomic E-state index is 12.9. The summed E-state index contributed by atoms with van der Waals surface area (Å²) in [6.07, 6.45) is 1.22. The number of carbonyl (C=O) groups is 4. The van der Waals surface area contributed by atoms with Crippen LogP contribution in [0.4, 0.5) is 5.69 Å². The van der Waals surface area contributed by atoms with Gasteiger partial charge in [0.1, 0.15) is 6.04 Å². The van der Waals surface area contributed by atoms with E-state index in [-0.39, 0.29) is 41.6 Å². The highest BCUT2D eigenvalue weighted by molar-refractivity contribution is 7.92. The lowest BCUT2D eigenvalue weighted by atomic mass is 10.0. The number of aliphatic carboxylic acids is 1. The molecule has 0 bridgehead atoms. The molecular weight excluding hydrogens is 512 g/mol. The normalized spacial score (nSPS) is 14.8. The summed E-state index contributed by atoms with van der Waals surface area (Å²) in [5.74, 6) is -2.72. The molecule has 3 amide bonds. The number of carboxylic acids is 1. The number of nitrogens with zero attached hydrogens (tertiary/aromatic N) is 1. The van der Waals surface area contributed by atoms with E-state index < -0.39 is 39.9 Å². The highest BCUT2D eigenvalue weighted by atomic mass is 32.2. The van der Waals surface area contributed by atoms with Crippen molar-refractivity contribution in [2.45, 2.75) is 45.3 Å². The van der Waals surface area contributed by atoms with Gasteiger partial charge >= 0.3 is 5.97 Å². The number of hydrogen-bond acceptors (Lipinski definition) is 7. The molecule has 4 N–H and O–H groups in total. The summed E-state index contributed by atoms with van der Waals surface area (Å²) < 4.78 is 25.3. The van der Waals surface area contributed by atoms with E-state index in [2.05, 4.69) is 15.4 Å². The molecule has 0 spiro atoms. The average molecular weight is 545 g/mol. The molecule has 0 radical (unpaired) electrons. The number of anilines is 1. The van der Waals surface area contributed by atoms with Crippen molar-refractivity contribution in [1.29, 1.82) is 0 Å². The van der Waals surface area contributed by atoms with Crippen molar-refractivity contribution in [3.05, 3.63) is 65.2 Å². The van der Waals surface area contributed by atoms with Gasteiger partial charge in [0.25, 0.3) is 11.8 Å². The Hall–Kier alpha value is -3.77. The van der Waals surface area contributed by atoms with E-state index >= 15 is 0 Å². The van der Waals surface area contributed by atoms with Crippen molar-refractivity contribution in [3.8, 4) is 0 Å². The molecule has 11 nitrogen and oxygen atoms in total. The number of nitrogens with one attached hydrogen (secondary N) is 3. The molecule has 0 saturated heterocycles. The molecular formula is C26H32N4O7S. The van der Waals surface area contributed by atoms with Crippen molar-refractivity contribution < 1.29 is 32.7 Å². The van der Waals surface area contributed by atoms with Gasteiger partial charge < -0.3 is 10.4 Å². The van der Waals surface area contributed by atoms with Crippen LogP contribution in [0.3, 0.4) is 0 Å². The summed E-state index contributed by atoms with van der Waals surface area (Å²) in [6, 6.07) is 11.3. The van der Waals surface area contributed by atoms with Gasteiger partial charge in [0.2, 0.25) is 15.9 Å². The lowest BCUT2D eigenvalue weighted by Gasteiger charge is -2.25. The fraction of sp³-hybridized carbons (Fsp3) is 0.385. The van der Waals surface area contributed by atoms with Crippen molar-refractivity contribution >= 4 is 39.4 Å². The van der Waals surface area contributed by atoms with E-state index in [1.807, 2.05) is 44.2 Å². The molecule has 2 atom stereocenters. The molecule has 1 heterocycles. The summed E-state index contributed by atoms with van der Waals surface area (Å²) in [7, 11) is -3.58. The Balaban J connectivity index is 1.68. The first-order valence-corrected chi connectivity index (χ1v) is 14.0. The second-order valence-corrected chi connectivity index (χ2v) is 11.4. The average Bonchev–Trinajstić information content (AvgIpc) is 3.07. The van der Waals surface area contributed by atoms with E-state index in [4.69, 9.17) is 0 Å². The van der Waals surface area contributed by atoms with Crippen LogP contribution < -0.4 is 15.4 Å². The summed E-state index contributed by atoms with van der Waals surface area (Å²) in [5, 5.41) is 15.5. The van der Waals surface area contributed by atoms with Crippen LogP contribution in [0.25, 0.3) is 0 Å². The molecule has 38 heavy (non-hydrogen) atoms. The molecule has 204 valence electrons. The largest absolute Gasteiger partial charge is 0.480 e. The van der Waals surface area contributed by atoms with E-state index in [0.29, 0.717) is 13.0 Å². The quantitative estimate of drug-likeness (QED) is 0.278. The minimum absolute atomic E-state index is 0.0291. The van der Waals surface area contributed by atoms with Gasteiger partial charge in [0.15, 0.2) is 0 Å². The zero-order chi connectivity index (χ0) is 28.0. The smallest absolute Gasteiger partial charge is 0.320 e. The topological polar surface area (TPSA) is 162 Å². The number of benzene rings is 2. The Labute approximate surface area is 221 Å². The fourth-order valence-electron chi connectivity index (χ4n) is 4.18. The minimum atomic E-state index is -3.58. The van der Waals surface area contributed by atoms with Crippen LogP contribution >= 0.6 is 0 Å². The van der Waals surface area contributed by atoms with Crippen molar-refractivity contribution in [1.82, 2.24) is 15.5 Å². The van der Waals surface area contributed by atoms with E-state index in [1.165, 1.54) is 18.2 Å². The first-order chi connectivity index (χ1) is 17.9. The monoisotopic (exact) mass is 544 g/mol. The third-order valence-corrected chi connectivity index (χ3v) is 6.56. The van der Waals surface area contributed by atoms with Crippen LogP contribution in [-0.4, -0.2) is 67.0 Å². The number of sulfonamides is 1. The summed E-state index contributed by atoms with van der Waals surface area (Å²) >= 11 is 0. The number of rotatable bonds is 13. The van der Waals surface area contributed by atoms with Crippen molar-refractivity contribution in [2.75, 3.05) is 17.5 Å². The molecule has 0 saturated carbocycles. The van der Waals surface area contributed by atoms with Gasteiger partial charge in [-0.1, -0.05) is 44.2 Å². The van der Waals surface area contributed by atoms with E-state index in [0.717, 1.165) is 16.7 Å². The molecule has 0 aliphatic carbocycles. The third kappa shape index (κ3) is 7.62. The Morgan fingerprint density at radius 1 is 0.974 bits per heavy atom. The number of imide groups is 1. The summed E-state index contributed by atoms with van der Waals surface area (Å²) in [5.41, 5.74) is 1.17. The van der Waals surface area contributed by atoms with Crippen LogP contribution in [0.5, 0.6) is 0 Å². The van der Waals surface area contributed by atoms with E-state index in [1.54, 1.807) is 0 Å². The van der Waals surface area contributed by atoms with Gasteiger partial charge in [0, 0.05) is 18.8 Å². The predicted octanol–water partition coefficient (Wildman–Crippen LogP) is 1.82. The number of hydrogen-bond donors (Lipinski definition) is 4. The van der Waals surface area contributed by atoms with Crippen LogP contribution in [-0.2, 0) is 26.2 Å². The Morgan fingerprint density at radius 2 is 1.63 bits per heavy atom. The molecule has 12 heteroatoms. The minimum Gasteiger partial charge on any atom is -0.480 e. The standard InChI is InChI=1S/C26H32N4O7S/c1-16(2)13-22(23(31)27-15-17-7-5-4-6-8-17)28-21(26(34)35)11-12-30-24(32)19-10-9-18(29-38(3,36)37)14-20(19)25(30)33/h4-10,14,16,21-22,28-29H,11-13,15H2,1-3H3,(H,27,31)(H,34,35). The number of amides is 3. The Bertz CT molecular complexity index is 1310. The lowest BCUT2D eigenvalue weighted by Crippen LogP contribution is -2.52. The zero-order valence-corrected chi connectivity index (χ0v) is 22.2. The molecule has 2 aromatic rings. The fourth-order valence-corrected chi connectivity index (χ4v) is 4.74. The van der Waals surface area contributed by atoms with Gasteiger partial charge in [0.05, 0.1) is 23.4 Å². The summed E-state index contributed by atoms with van der Waals surface area (Å²) in [4.78, 5) is 51.6. The lowest BCUT2D eigenvalue weighted by molar-refractivity contribution is -0.140. The van der Waals surface area contributed by atoms with E-state index in [9.17, 15) is 32.7 Å². The Morgan fingerprint density at radius 3 is 2.24 bits per heavy atom. The zero-order valence-electron chi connectivity index (χ0n) is 21.4. The number of carbonyl (C=O) groups excluding carboxylic acids is 3. The van der Waals surface area contributed by atoms with Crippen molar-refractivity contribution in [2.24, 2.45) is 5.92 Å².